The Morgan fingerprint density at radius 2 is 2.15 bits per heavy atom. The van der Waals surface area contributed by atoms with Crippen LogP contribution < -0.4 is 0 Å². The van der Waals surface area contributed by atoms with Crippen LogP contribution in [0.5, 0.6) is 0 Å². The van der Waals surface area contributed by atoms with Gasteiger partial charge in [-0.1, -0.05) is 0 Å². The quantitative estimate of drug-likeness (QED) is 0.695. The Labute approximate surface area is 120 Å². The monoisotopic (exact) mass is 293 g/mol. The second-order valence-corrected chi connectivity index (χ2v) is 4.68. The smallest absolute Gasteiger partial charge is 0.152 e. The molecule has 0 saturated heterocycles. The fourth-order valence-corrected chi connectivity index (χ4v) is 2.44. The third kappa shape index (κ3) is 2.16. The van der Waals surface area contributed by atoms with E-state index in [1.54, 1.807) is 12.4 Å². The number of rotatable bonds is 4. The second kappa shape index (κ2) is 5.20. The first-order chi connectivity index (χ1) is 9.72. The lowest BCUT2D eigenvalue weighted by Gasteiger charge is -2.08. The molecule has 3 rings (SSSR count). The Hall–Kier alpha value is -1.95. The van der Waals surface area contributed by atoms with Gasteiger partial charge in [0.05, 0.1) is 23.5 Å². The number of benzene rings is 1. The van der Waals surface area contributed by atoms with E-state index in [1.807, 2.05) is 16.1 Å². The van der Waals surface area contributed by atoms with E-state index in [1.165, 1.54) is 12.1 Å². The summed E-state index contributed by atoms with van der Waals surface area (Å²) >= 11 is 5.94. The molecule has 7 heteroatoms. The molecule has 0 aliphatic heterocycles. The van der Waals surface area contributed by atoms with Crippen molar-refractivity contribution in [3.63, 3.8) is 0 Å². The molecule has 0 fully saturated rings. The van der Waals surface area contributed by atoms with E-state index >= 15 is 0 Å². The van der Waals surface area contributed by atoms with E-state index in [-0.39, 0.29) is 11.7 Å². The molecule has 1 aromatic carbocycles. The van der Waals surface area contributed by atoms with E-state index < -0.39 is 0 Å². The Kier molecular flexibility index (Phi) is 3.40. The van der Waals surface area contributed by atoms with Crippen molar-refractivity contribution in [3.05, 3.63) is 42.0 Å². The number of aryl methyl sites for hydroxylation is 1. The van der Waals surface area contributed by atoms with E-state index in [2.05, 4.69) is 15.2 Å². The second-order valence-electron chi connectivity index (χ2n) is 4.41. The van der Waals surface area contributed by atoms with Crippen molar-refractivity contribution >= 4 is 22.6 Å². The Morgan fingerprint density at radius 1 is 1.30 bits per heavy atom. The van der Waals surface area contributed by atoms with E-state index in [0.29, 0.717) is 17.9 Å². The minimum absolute atomic E-state index is 0.260. The molecule has 0 spiro atoms. The lowest BCUT2D eigenvalue weighted by Crippen LogP contribution is -2.09. The first kappa shape index (κ1) is 13.1. The number of hydrogen-bond acceptors (Lipinski definition) is 3. The molecule has 20 heavy (non-hydrogen) atoms. The highest BCUT2D eigenvalue weighted by Gasteiger charge is 2.13. The molecule has 0 saturated carbocycles. The van der Waals surface area contributed by atoms with Gasteiger partial charge in [-0.05, 0) is 19.1 Å². The molecule has 0 aliphatic rings. The fourth-order valence-electron chi connectivity index (χ4n) is 2.24. The van der Waals surface area contributed by atoms with E-state index in [0.717, 1.165) is 17.9 Å². The van der Waals surface area contributed by atoms with Crippen LogP contribution in [0.25, 0.3) is 11.0 Å². The van der Waals surface area contributed by atoms with Crippen molar-refractivity contribution in [2.24, 2.45) is 0 Å². The topological polar surface area (TPSA) is 48.5 Å². The van der Waals surface area contributed by atoms with Gasteiger partial charge in [0.2, 0.25) is 0 Å². The third-order valence-corrected chi connectivity index (χ3v) is 3.48. The van der Waals surface area contributed by atoms with Gasteiger partial charge in [0.25, 0.3) is 0 Å². The predicted molar refractivity (Wildman–Crippen MR) is 74.0 cm³/mol. The average molecular weight is 294 g/mol. The van der Waals surface area contributed by atoms with Gasteiger partial charge >= 0.3 is 0 Å². The summed E-state index contributed by atoms with van der Waals surface area (Å²) in [5.74, 6) is 1.47. The summed E-state index contributed by atoms with van der Waals surface area (Å²) < 4.78 is 17.2. The van der Waals surface area contributed by atoms with Gasteiger partial charge in [-0.2, -0.15) is 0 Å². The zero-order valence-electron chi connectivity index (χ0n) is 10.9. The molecule has 104 valence electrons. The summed E-state index contributed by atoms with van der Waals surface area (Å²) in [4.78, 5) is 4.36. The van der Waals surface area contributed by atoms with Crippen molar-refractivity contribution in [2.45, 2.75) is 25.9 Å². The zero-order chi connectivity index (χ0) is 14.1. The minimum Gasteiger partial charge on any atom is -0.319 e. The Balaban J connectivity index is 2.10. The summed E-state index contributed by atoms with van der Waals surface area (Å²) in [5, 5.41) is 8.02. The van der Waals surface area contributed by atoms with Crippen molar-refractivity contribution in [1.29, 1.82) is 0 Å². The number of fused-ring (bicyclic) bond motifs is 1. The normalized spacial score (nSPS) is 11.3. The van der Waals surface area contributed by atoms with Crippen LogP contribution >= 0.6 is 11.6 Å². The number of hydrogen-bond donors (Lipinski definition) is 0. The van der Waals surface area contributed by atoms with Crippen LogP contribution in [0.2, 0.25) is 0 Å². The maximum absolute atomic E-state index is 13.3. The number of aromatic nitrogens is 5. The van der Waals surface area contributed by atoms with Gasteiger partial charge in [0, 0.05) is 12.6 Å². The molecule has 0 unspecified atom stereocenters. The summed E-state index contributed by atoms with van der Waals surface area (Å²) in [6, 6.07) is 4.54. The number of imidazole rings is 1. The zero-order valence-corrected chi connectivity index (χ0v) is 11.7. The lowest BCUT2D eigenvalue weighted by molar-refractivity contribution is 0.629. The van der Waals surface area contributed by atoms with Gasteiger partial charge in [-0.3, -0.25) is 0 Å². The maximum Gasteiger partial charge on any atom is 0.152 e. The van der Waals surface area contributed by atoms with Crippen LogP contribution in [-0.4, -0.2) is 24.3 Å². The van der Waals surface area contributed by atoms with Crippen LogP contribution in [-0.2, 0) is 19.0 Å². The predicted octanol–water partition coefficient (Wildman–Crippen LogP) is 2.57. The van der Waals surface area contributed by atoms with Crippen LogP contribution in [0.4, 0.5) is 4.39 Å². The van der Waals surface area contributed by atoms with Gasteiger partial charge in [-0.25, -0.2) is 9.37 Å². The van der Waals surface area contributed by atoms with Gasteiger partial charge in [0.15, 0.2) is 5.82 Å². The summed E-state index contributed by atoms with van der Waals surface area (Å²) in [6.07, 6.45) is 1.69. The number of nitrogens with zero attached hydrogens (tertiary/aromatic N) is 5. The van der Waals surface area contributed by atoms with Crippen LogP contribution in [0.15, 0.2) is 24.5 Å². The third-order valence-electron chi connectivity index (χ3n) is 3.24. The van der Waals surface area contributed by atoms with E-state index in [9.17, 15) is 4.39 Å². The SMILES string of the molecule is CCn1cnnc1Cn1c(CCl)nc2cc(F)ccc21. The highest BCUT2D eigenvalue weighted by atomic mass is 35.5. The minimum atomic E-state index is -0.306. The molecule has 2 aromatic heterocycles. The van der Waals surface area contributed by atoms with Gasteiger partial charge in [-0.15, -0.1) is 21.8 Å². The Bertz CT molecular complexity index is 748. The highest BCUT2D eigenvalue weighted by molar-refractivity contribution is 6.16. The standard InChI is InChI=1S/C13H13ClFN5/c1-2-19-8-16-18-13(19)7-20-11-4-3-9(15)5-10(11)17-12(20)6-14/h3-5,8H,2,6-7H2,1H3. The molecule has 0 N–H and O–H groups in total. The molecule has 0 aliphatic carbocycles. The first-order valence-corrected chi connectivity index (χ1v) is 6.83. The summed E-state index contributed by atoms with van der Waals surface area (Å²) in [6.45, 7) is 3.33. The average Bonchev–Trinajstić information content (AvgIpc) is 3.03. The summed E-state index contributed by atoms with van der Waals surface area (Å²) in [7, 11) is 0. The van der Waals surface area contributed by atoms with Crippen molar-refractivity contribution in [1.82, 2.24) is 24.3 Å². The molecule has 0 bridgehead atoms. The lowest BCUT2D eigenvalue weighted by atomic mass is 10.3. The maximum atomic E-state index is 13.3. The molecule has 3 aromatic rings. The molecule has 0 amide bonds. The number of halogens is 2. The fraction of sp³-hybridized carbons (Fsp3) is 0.308. The molecule has 0 radical (unpaired) electrons. The van der Waals surface area contributed by atoms with Crippen LogP contribution in [0.3, 0.4) is 0 Å². The van der Waals surface area contributed by atoms with Crippen molar-refractivity contribution in [3.8, 4) is 0 Å². The molecular weight excluding hydrogens is 281 g/mol. The Morgan fingerprint density at radius 3 is 2.90 bits per heavy atom. The number of alkyl halides is 1. The van der Waals surface area contributed by atoms with Gasteiger partial charge in [0.1, 0.15) is 18.0 Å². The largest absolute Gasteiger partial charge is 0.319 e. The van der Waals surface area contributed by atoms with Gasteiger partial charge < -0.3 is 9.13 Å². The molecule has 0 atom stereocenters. The highest BCUT2D eigenvalue weighted by Crippen LogP contribution is 2.20. The van der Waals surface area contributed by atoms with Crippen LogP contribution in [0, 0.1) is 5.82 Å². The first-order valence-electron chi connectivity index (χ1n) is 6.30. The molecule has 2 heterocycles. The molecule has 5 nitrogen and oxygen atoms in total. The summed E-state index contributed by atoms with van der Waals surface area (Å²) in [5.41, 5.74) is 1.44. The van der Waals surface area contributed by atoms with Crippen molar-refractivity contribution < 1.29 is 4.39 Å². The van der Waals surface area contributed by atoms with Crippen LogP contribution in [0.1, 0.15) is 18.6 Å². The molecular formula is C13H13ClFN5. The van der Waals surface area contributed by atoms with Crippen molar-refractivity contribution in [2.75, 3.05) is 0 Å². The van der Waals surface area contributed by atoms with E-state index in [4.69, 9.17) is 11.6 Å².